The Bertz CT molecular complexity index is 1520. The first-order chi connectivity index (χ1) is 14.6. The Morgan fingerprint density at radius 2 is 1.70 bits per heavy atom. The van der Waals surface area contributed by atoms with Gasteiger partial charge in [0.1, 0.15) is 11.5 Å². The van der Waals surface area contributed by atoms with Crippen LogP contribution < -0.4 is 4.74 Å². The first-order valence-corrected chi connectivity index (χ1v) is 10.7. The second-order valence-corrected chi connectivity index (χ2v) is 9.27. The van der Waals surface area contributed by atoms with Crippen LogP contribution in [0.4, 0.5) is 0 Å². The average Bonchev–Trinajstić information content (AvgIpc) is 2.99. The maximum atomic E-state index is 6.58. The number of ether oxygens (including phenoxy) is 1. The summed E-state index contributed by atoms with van der Waals surface area (Å²) in [5.41, 5.74) is 9.52. The molecule has 1 aliphatic heterocycles. The van der Waals surface area contributed by atoms with Crippen LogP contribution in [-0.2, 0) is 5.41 Å². The van der Waals surface area contributed by atoms with E-state index in [1.807, 2.05) is 0 Å². The van der Waals surface area contributed by atoms with Crippen LogP contribution in [0.1, 0.15) is 37.0 Å². The molecule has 7 rings (SSSR count). The predicted octanol–water partition coefficient (Wildman–Crippen LogP) is 7.97. The molecule has 0 saturated carbocycles. The topological polar surface area (TPSA) is 9.23 Å². The van der Waals surface area contributed by atoms with E-state index in [9.17, 15) is 0 Å². The first-order valence-electron chi connectivity index (χ1n) is 10.7. The molecule has 1 atom stereocenters. The summed E-state index contributed by atoms with van der Waals surface area (Å²) in [5, 5.41) is 5.19. The Balaban J connectivity index is 1.77. The lowest BCUT2D eigenvalue weighted by molar-refractivity contribution is 0.487. The van der Waals surface area contributed by atoms with Gasteiger partial charge in [-0.3, -0.25) is 0 Å². The fraction of sp³-hybridized carbons (Fsp3) is 0.172. The molecule has 144 valence electrons. The quantitative estimate of drug-likeness (QED) is 0.262. The summed E-state index contributed by atoms with van der Waals surface area (Å²) in [5.74, 6) is 1.99. The van der Waals surface area contributed by atoms with Crippen molar-refractivity contribution in [2.45, 2.75) is 32.6 Å². The zero-order valence-electron chi connectivity index (χ0n) is 17.5. The molecule has 0 amide bonds. The van der Waals surface area contributed by atoms with Crippen LogP contribution in [0.5, 0.6) is 11.5 Å². The van der Waals surface area contributed by atoms with Crippen molar-refractivity contribution in [2.24, 2.45) is 0 Å². The van der Waals surface area contributed by atoms with Crippen LogP contribution in [0, 0.1) is 6.92 Å². The van der Waals surface area contributed by atoms with E-state index in [4.69, 9.17) is 4.74 Å². The van der Waals surface area contributed by atoms with Crippen molar-refractivity contribution in [3.8, 4) is 22.6 Å². The highest BCUT2D eigenvalue weighted by molar-refractivity contribution is 6.13. The summed E-state index contributed by atoms with van der Waals surface area (Å²) in [7, 11) is 0. The Labute approximate surface area is 176 Å². The van der Waals surface area contributed by atoms with Crippen molar-refractivity contribution in [3.05, 3.63) is 94.6 Å². The lowest BCUT2D eigenvalue weighted by atomic mass is 9.69. The van der Waals surface area contributed by atoms with Crippen molar-refractivity contribution in [2.75, 3.05) is 0 Å². The first kappa shape index (κ1) is 16.5. The molecule has 1 heterocycles. The van der Waals surface area contributed by atoms with Gasteiger partial charge in [-0.15, -0.1) is 0 Å². The van der Waals surface area contributed by atoms with Crippen LogP contribution >= 0.6 is 0 Å². The van der Waals surface area contributed by atoms with Crippen LogP contribution in [0.2, 0.25) is 0 Å². The molecule has 1 nitrogen and oxygen atoms in total. The molecule has 30 heavy (non-hydrogen) atoms. The van der Waals surface area contributed by atoms with Gasteiger partial charge in [0.05, 0.1) is 0 Å². The monoisotopic (exact) mass is 386 g/mol. The van der Waals surface area contributed by atoms with E-state index in [2.05, 4.69) is 87.5 Å². The molecule has 4 aromatic rings. The van der Waals surface area contributed by atoms with Gasteiger partial charge >= 0.3 is 0 Å². The molecule has 1 unspecified atom stereocenters. The van der Waals surface area contributed by atoms with Crippen molar-refractivity contribution < 1.29 is 4.74 Å². The number of aryl methyl sites for hydroxylation is 1. The third-order valence-corrected chi connectivity index (χ3v) is 7.28. The molecule has 1 spiro atoms. The highest BCUT2D eigenvalue weighted by Gasteiger charge is 2.47. The van der Waals surface area contributed by atoms with Gasteiger partial charge in [-0.1, -0.05) is 65.8 Å². The summed E-state index contributed by atoms with van der Waals surface area (Å²) in [6.45, 7) is 6.72. The number of benzene rings is 4. The Kier molecular flexibility index (Phi) is 2.87. The summed E-state index contributed by atoms with van der Waals surface area (Å²) in [6, 6.07) is 20.1. The molecule has 0 saturated heterocycles. The minimum atomic E-state index is -0.134. The number of fused-ring (bicyclic) bond motifs is 4. The Morgan fingerprint density at radius 3 is 2.57 bits per heavy atom. The van der Waals surface area contributed by atoms with E-state index < -0.39 is 0 Å². The molecule has 1 heteroatoms. The highest BCUT2D eigenvalue weighted by atomic mass is 16.5. The van der Waals surface area contributed by atoms with Crippen molar-refractivity contribution in [1.82, 2.24) is 0 Å². The van der Waals surface area contributed by atoms with E-state index in [1.165, 1.54) is 60.5 Å². The summed E-state index contributed by atoms with van der Waals surface area (Å²) in [4.78, 5) is 0. The van der Waals surface area contributed by atoms with Gasteiger partial charge in [-0.25, -0.2) is 0 Å². The zero-order valence-corrected chi connectivity index (χ0v) is 17.5. The molecule has 2 aliphatic carbocycles. The Hall–Kier alpha value is -3.32. The van der Waals surface area contributed by atoms with E-state index in [0.717, 1.165) is 17.9 Å². The molecule has 0 aromatic heterocycles. The zero-order chi connectivity index (χ0) is 20.2. The van der Waals surface area contributed by atoms with Crippen LogP contribution in [-0.4, -0.2) is 0 Å². The van der Waals surface area contributed by atoms with Gasteiger partial charge in [-0.2, -0.15) is 0 Å². The summed E-state index contributed by atoms with van der Waals surface area (Å²) < 4.78 is 6.58. The fourth-order valence-electron chi connectivity index (χ4n) is 6.35. The molecule has 0 radical (unpaired) electrons. The van der Waals surface area contributed by atoms with E-state index in [0.29, 0.717) is 0 Å². The fourth-order valence-corrected chi connectivity index (χ4v) is 6.35. The van der Waals surface area contributed by atoms with E-state index in [1.54, 1.807) is 0 Å². The van der Waals surface area contributed by atoms with Crippen molar-refractivity contribution >= 4 is 21.5 Å². The largest absolute Gasteiger partial charge is 0.456 e. The van der Waals surface area contributed by atoms with Gasteiger partial charge in [-0.05, 0) is 72.2 Å². The summed E-state index contributed by atoms with van der Waals surface area (Å²) >= 11 is 0. The van der Waals surface area contributed by atoms with Crippen LogP contribution in [0.3, 0.4) is 0 Å². The molecule has 0 bridgehead atoms. The van der Waals surface area contributed by atoms with Crippen molar-refractivity contribution in [3.63, 3.8) is 0 Å². The minimum Gasteiger partial charge on any atom is -0.456 e. The second-order valence-electron chi connectivity index (χ2n) is 9.27. The number of allylic oxidation sites excluding steroid dienone is 4. The number of rotatable bonds is 0. The van der Waals surface area contributed by atoms with Crippen molar-refractivity contribution in [1.29, 1.82) is 0 Å². The molecular formula is C29H22O. The molecule has 3 aliphatic rings. The van der Waals surface area contributed by atoms with Crippen LogP contribution in [0.15, 0.2) is 77.9 Å². The lowest BCUT2D eigenvalue weighted by Crippen LogP contribution is -2.25. The third-order valence-electron chi connectivity index (χ3n) is 7.28. The van der Waals surface area contributed by atoms with Gasteiger partial charge in [0.15, 0.2) is 0 Å². The lowest BCUT2D eigenvalue weighted by Gasteiger charge is -2.34. The maximum Gasteiger partial charge on any atom is 0.136 e. The van der Waals surface area contributed by atoms with Crippen LogP contribution in [0.25, 0.3) is 32.7 Å². The van der Waals surface area contributed by atoms with Gasteiger partial charge in [0.2, 0.25) is 0 Å². The standard InChI is InChI=1S/C29H22O/c1-16-12-17(2)15-29(14-16)22-11-10-19-7-5-9-23-25(19)26(22)27-24(30-23)13-21-18(3)6-4-8-20(21)28(27)29/h4-14H,15H2,1-3H3. The smallest absolute Gasteiger partial charge is 0.136 e. The normalized spacial score (nSPS) is 20.5. The molecule has 4 aromatic carbocycles. The SMILES string of the molecule is CC1=CC2(CC(C)=C1)c1ccc3cccc4c3c1-c1c(cc3c(C)cccc3c12)O4. The molecule has 0 N–H and O–H groups in total. The van der Waals surface area contributed by atoms with Gasteiger partial charge < -0.3 is 4.74 Å². The third kappa shape index (κ3) is 1.80. The Morgan fingerprint density at radius 1 is 0.833 bits per heavy atom. The number of hydrogen-bond donors (Lipinski definition) is 0. The maximum absolute atomic E-state index is 6.58. The number of hydrogen-bond acceptors (Lipinski definition) is 1. The predicted molar refractivity (Wildman–Crippen MR) is 125 cm³/mol. The average molecular weight is 386 g/mol. The highest BCUT2D eigenvalue weighted by Crippen LogP contribution is 2.63. The molecule has 0 fully saturated rings. The van der Waals surface area contributed by atoms with Gasteiger partial charge in [0, 0.05) is 21.9 Å². The van der Waals surface area contributed by atoms with E-state index in [-0.39, 0.29) is 5.41 Å². The summed E-state index contributed by atoms with van der Waals surface area (Å²) in [6.07, 6.45) is 5.86. The second kappa shape index (κ2) is 5.23. The minimum absolute atomic E-state index is 0.134. The molecular weight excluding hydrogens is 364 g/mol. The van der Waals surface area contributed by atoms with E-state index >= 15 is 0 Å². The van der Waals surface area contributed by atoms with Gasteiger partial charge in [0.25, 0.3) is 0 Å².